The van der Waals surface area contributed by atoms with E-state index in [0.717, 1.165) is 27.9 Å². The van der Waals surface area contributed by atoms with E-state index in [0.29, 0.717) is 11.5 Å². The zero-order valence-corrected chi connectivity index (χ0v) is 15.6. The van der Waals surface area contributed by atoms with Crippen molar-refractivity contribution in [1.82, 2.24) is 4.98 Å². The van der Waals surface area contributed by atoms with Crippen LogP contribution in [0.5, 0.6) is 0 Å². The summed E-state index contributed by atoms with van der Waals surface area (Å²) >= 11 is 0. The van der Waals surface area contributed by atoms with Crippen molar-refractivity contribution in [3.63, 3.8) is 0 Å². The molecule has 3 aromatic carbocycles. The lowest BCUT2D eigenvalue weighted by Gasteiger charge is -1.95. The molecule has 29 heavy (non-hydrogen) atoms. The van der Waals surface area contributed by atoms with E-state index < -0.39 is 4.92 Å². The first kappa shape index (κ1) is 18.3. The number of nitro benzene ring substituents is 1. The first-order chi connectivity index (χ1) is 14.1. The molecule has 0 N–H and O–H groups in total. The Kier molecular flexibility index (Phi) is 4.99. The van der Waals surface area contributed by atoms with Crippen molar-refractivity contribution in [2.24, 2.45) is 4.99 Å². The molecule has 0 fully saturated rings. The molecule has 0 unspecified atom stereocenters. The lowest BCUT2D eigenvalue weighted by atomic mass is 10.1. The van der Waals surface area contributed by atoms with Gasteiger partial charge in [0.1, 0.15) is 5.52 Å². The number of hydrogen-bond acceptors (Lipinski definition) is 5. The largest absolute Gasteiger partial charge is 0.436 e. The Hall–Kier alpha value is -4.06. The van der Waals surface area contributed by atoms with Crippen molar-refractivity contribution in [2.75, 3.05) is 0 Å². The molecular formula is C23H17N3O3. The summed E-state index contributed by atoms with van der Waals surface area (Å²) in [4.78, 5) is 19.4. The van der Waals surface area contributed by atoms with Crippen LogP contribution < -0.4 is 0 Å². The van der Waals surface area contributed by atoms with Crippen LogP contribution in [0.25, 0.3) is 28.6 Å². The van der Waals surface area contributed by atoms with Crippen LogP contribution in [0.3, 0.4) is 0 Å². The Morgan fingerprint density at radius 3 is 2.76 bits per heavy atom. The van der Waals surface area contributed by atoms with Crippen LogP contribution in [0.2, 0.25) is 0 Å². The summed E-state index contributed by atoms with van der Waals surface area (Å²) < 4.78 is 5.85. The topological polar surface area (TPSA) is 81.5 Å². The van der Waals surface area contributed by atoms with E-state index in [9.17, 15) is 10.1 Å². The highest BCUT2D eigenvalue weighted by atomic mass is 16.6. The Balaban J connectivity index is 1.52. The van der Waals surface area contributed by atoms with Crippen molar-refractivity contribution in [3.8, 4) is 11.5 Å². The molecule has 0 radical (unpaired) electrons. The number of allylic oxidation sites excluding steroid dienone is 1. The fourth-order valence-electron chi connectivity index (χ4n) is 2.92. The summed E-state index contributed by atoms with van der Waals surface area (Å²) in [5.74, 6) is 0.579. The van der Waals surface area contributed by atoms with E-state index in [1.807, 2.05) is 49.4 Å². The number of rotatable bonds is 5. The van der Waals surface area contributed by atoms with E-state index in [2.05, 4.69) is 9.98 Å². The van der Waals surface area contributed by atoms with Gasteiger partial charge in [0.15, 0.2) is 5.58 Å². The molecule has 0 amide bonds. The number of oxazole rings is 1. The SMILES string of the molecule is Cc1cccc(-c2nc3cc(N=CC=Cc4cccc([N+](=O)[O-])c4)ccc3o2)c1. The number of nitro groups is 1. The number of aliphatic imine (C=N–C) groups is 1. The van der Waals surface area contributed by atoms with Crippen LogP contribution in [0.4, 0.5) is 11.4 Å². The van der Waals surface area contributed by atoms with Gasteiger partial charge in [-0.2, -0.15) is 0 Å². The molecular weight excluding hydrogens is 366 g/mol. The molecule has 1 aromatic heterocycles. The molecule has 0 aliphatic rings. The monoisotopic (exact) mass is 383 g/mol. The van der Waals surface area contributed by atoms with Crippen LogP contribution >= 0.6 is 0 Å². The maximum atomic E-state index is 10.8. The maximum absolute atomic E-state index is 10.8. The number of fused-ring (bicyclic) bond motifs is 1. The smallest absolute Gasteiger partial charge is 0.270 e. The van der Waals surface area contributed by atoms with E-state index in [4.69, 9.17) is 4.42 Å². The number of non-ortho nitro benzene ring substituents is 1. The molecule has 0 saturated heterocycles. The highest BCUT2D eigenvalue weighted by Crippen LogP contribution is 2.27. The number of aromatic nitrogens is 1. The molecule has 6 heteroatoms. The number of benzene rings is 3. The van der Waals surface area contributed by atoms with Gasteiger partial charge in [-0.3, -0.25) is 15.1 Å². The molecule has 0 saturated carbocycles. The average Bonchev–Trinajstić information content (AvgIpc) is 3.15. The molecule has 0 aliphatic carbocycles. The Morgan fingerprint density at radius 1 is 1.07 bits per heavy atom. The Morgan fingerprint density at radius 2 is 1.93 bits per heavy atom. The summed E-state index contributed by atoms with van der Waals surface area (Å²) in [6.07, 6.45) is 5.15. The summed E-state index contributed by atoms with van der Waals surface area (Å²) in [6.45, 7) is 2.03. The highest BCUT2D eigenvalue weighted by Gasteiger charge is 2.08. The van der Waals surface area contributed by atoms with Crippen LogP contribution in [0.1, 0.15) is 11.1 Å². The van der Waals surface area contributed by atoms with Crippen LogP contribution in [0.15, 0.2) is 82.2 Å². The predicted molar refractivity (Wildman–Crippen MR) is 114 cm³/mol. The van der Waals surface area contributed by atoms with Gasteiger partial charge in [0.25, 0.3) is 5.69 Å². The molecule has 142 valence electrons. The second kappa shape index (κ2) is 7.90. The van der Waals surface area contributed by atoms with Gasteiger partial charge < -0.3 is 4.42 Å². The van der Waals surface area contributed by atoms with Crippen molar-refractivity contribution in [2.45, 2.75) is 6.92 Å². The molecule has 1 heterocycles. The third-order valence-corrected chi connectivity index (χ3v) is 4.32. The molecule has 4 rings (SSSR count). The molecule has 0 bridgehead atoms. The van der Waals surface area contributed by atoms with E-state index >= 15 is 0 Å². The second-order valence-corrected chi connectivity index (χ2v) is 6.53. The third kappa shape index (κ3) is 4.27. The van der Waals surface area contributed by atoms with Gasteiger partial charge in [-0.1, -0.05) is 35.9 Å². The fraction of sp³-hybridized carbons (Fsp3) is 0.0435. The van der Waals surface area contributed by atoms with Crippen molar-refractivity contribution < 1.29 is 9.34 Å². The van der Waals surface area contributed by atoms with Crippen molar-refractivity contribution in [3.05, 3.63) is 94.0 Å². The zero-order chi connectivity index (χ0) is 20.2. The van der Waals surface area contributed by atoms with Gasteiger partial charge in [0.2, 0.25) is 5.89 Å². The first-order valence-corrected chi connectivity index (χ1v) is 9.01. The first-order valence-electron chi connectivity index (χ1n) is 9.01. The molecule has 6 nitrogen and oxygen atoms in total. The van der Waals surface area contributed by atoms with Gasteiger partial charge in [-0.25, -0.2) is 4.98 Å². The molecule has 0 spiro atoms. The van der Waals surface area contributed by atoms with Gasteiger partial charge in [0, 0.05) is 23.9 Å². The minimum Gasteiger partial charge on any atom is -0.436 e. The van der Waals surface area contributed by atoms with Crippen LogP contribution in [-0.2, 0) is 0 Å². The number of hydrogen-bond donors (Lipinski definition) is 0. The Labute approximate surface area is 167 Å². The fourth-order valence-corrected chi connectivity index (χ4v) is 2.92. The normalized spacial score (nSPS) is 11.6. The summed E-state index contributed by atoms with van der Waals surface area (Å²) in [7, 11) is 0. The van der Waals surface area contributed by atoms with E-state index in [1.165, 1.54) is 12.1 Å². The average molecular weight is 383 g/mol. The maximum Gasteiger partial charge on any atom is 0.270 e. The molecule has 4 aromatic rings. The van der Waals surface area contributed by atoms with E-state index in [1.54, 1.807) is 30.5 Å². The van der Waals surface area contributed by atoms with Crippen LogP contribution in [-0.4, -0.2) is 16.1 Å². The predicted octanol–water partition coefficient (Wildman–Crippen LogP) is 6.13. The third-order valence-electron chi connectivity index (χ3n) is 4.32. The highest BCUT2D eigenvalue weighted by molar-refractivity contribution is 5.84. The lowest BCUT2D eigenvalue weighted by molar-refractivity contribution is -0.384. The van der Waals surface area contributed by atoms with Gasteiger partial charge in [-0.15, -0.1) is 0 Å². The zero-order valence-electron chi connectivity index (χ0n) is 15.6. The van der Waals surface area contributed by atoms with Crippen molar-refractivity contribution in [1.29, 1.82) is 0 Å². The van der Waals surface area contributed by atoms with Gasteiger partial charge in [-0.05, 0) is 48.9 Å². The summed E-state index contributed by atoms with van der Waals surface area (Å²) in [5.41, 5.74) is 5.05. The minimum absolute atomic E-state index is 0.0602. The Bertz CT molecular complexity index is 1260. The van der Waals surface area contributed by atoms with Gasteiger partial charge in [0.05, 0.1) is 10.6 Å². The summed E-state index contributed by atoms with van der Waals surface area (Å²) in [6, 6.07) is 20.0. The standard InChI is InChI=1S/C23H17N3O3/c1-16-5-2-8-18(13-16)23-25-21-15-19(10-11-22(21)29-23)24-12-4-7-17-6-3-9-20(14-17)26(27)28/h2-15H,1H3. The second-order valence-electron chi connectivity index (χ2n) is 6.53. The van der Waals surface area contributed by atoms with Crippen LogP contribution in [0, 0.1) is 17.0 Å². The van der Waals surface area contributed by atoms with Gasteiger partial charge >= 0.3 is 0 Å². The number of aryl methyl sites for hydroxylation is 1. The molecule has 0 aliphatic heterocycles. The molecule has 0 atom stereocenters. The van der Waals surface area contributed by atoms with Crippen molar-refractivity contribution >= 4 is 34.8 Å². The minimum atomic E-state index is -0.413. The quantitative estimate of drug-likeness (QED) is 0.236. The number of nitrogens with zero attached hydrogens (tertiary/aromatic N) is 3. The van der Waals surface area contributed by atoms with E-state index in [-0.39, 0.29) is 5.69 Å². The summed E-state index contributed by atoms with van der Waals surface area (Å²) in [5, 5.41) is 10.8. The lowest BCUT2D eigenvalue weighted by Crippen LogP contribution is -1.87.